The van der Waals surface area contributed by atoms with E-state index in [1.807, 2.05) is 6.92 Å². The topological polar surface area (TPSA) is 83.0 Å². The minimum absolute atomic E-state index is 0. The monoisotopic (exact) mass is 542 g/mol. The highest BCUT2D eigenvalue weighted by atomic mass is 127. The van der Waals surface area contributed by atoms with Gasteiger partial charge in [-0.2, -0.15) is 17.5 Å². The summed E-state index contributed by atoms with van der Waals surface area (Å²) in [6, 6.07) is 0. The Morgan fingerprint density at radius 2 is 1.79 bits per heavy atom. The maximum atomic E-state index is 12.6. The van der Waals surface area contributed by atoms with Crippen LogP contribution in [0.4, 0.5) is 13.2 Å². The van der Waals surface area contributed by atoms with Crippen molar-refractivity contribution in [2.75, 3.05) is 45.9 Å². The number of ether oxygens (including phenoxy) is 1. The first kappa shape index (κ1) is 25.7. The highest BCUT2D eigenvalue weighted by Crippen LogP contribution is 2.30. The first-order chi connectivity index (χ1) is 12.7. The van der Waals surface area contributed by atoms with Crippen molar-refractivity contribution in [3.8, 4) is 0 Å². The summed E-state index contributed by atoms with van der Waals surface area (Å²) < 4.78 is 66.7. The van der Waals surface area contributed by atoms with Gasteiger partial charge >= 0.3 is 15.5 Å². The molecular weight excluding hydrogens is 512 g/mol. The highest BCUT2D eigenvalue weighted by molar-refractivity contribution is 14.0. The van der Waals surface area contributed by atoms with Crippen molar-refractivity contribution in [1.29, 1.82) is 0 Å². The van der Waals surface area contributed by atoms with Gasteiger partial charge in [-0.15, -0.1) is 24.0 Å². The fraction of sp³-hybridized carbons (Fsp3) is 0.938. The lowest BCUT2D eigenvalue weighted by Gasteiger charge is -2.30. The van der Waals surface area contributed by atoms with Crippen LogP contribution < -0.4 is 10.6 Å². The van der Waals surface area contributed by atoms with Crippen LogP contribution in [-0.4, -0.2) is 70.1 Å². The number of halogens is 4. The molecule has 0 amide bonds. The molecule has 1 aliphatic carbocycles. The minimum Gasteiger partial charge on any atom is -0.379 e. The summed E-state index contributed by atoms with van der Waals surface area (Å²) in [7, 11) is -5.22. The van der Waals surface area contributed by atoms with Gasteiger partial charge in [0.2, 0.25) is 0 Å². The van der Waals surface area contributed by atoms with E-state index in [4.69, 9.17) is 4.74 Å². The summed E-state index contributed by atoms with van der Waals surface area (Å²) in [5.41, 5.74) is -5.23. The molecule has 7 nitrogen and oxygen atoms in total. The highest BCUT2D eigenvalue weighted by Gasteiger charge is 2.50. The molecule has 0 atom stereocenters. The van der Waals surface area contributed by atoms with Crippen molar-refractivity contribution < 1.29 is 26.3 Å². The second kappa shape index (κ2) is 11.7. The normalized spacial score (nSPS) is 19.9. The molecule has 0 aromatic heterocycles. The van der Waals surface area contributed by atoms with Crippen LogP contribution in [0.3, 0.4) is 0 Å². The zero-order chi connectivity index (χ0) is 19.9. The predicted molar refractivity (Wildman–Crippen MR) is 112 cm³/mol. The molecule has 0 bridgehead atoms. The number of hydrogen-bond acceptors (Lipinski definition) is 4. The van der Waals surface area contributed by atoms with Crippen LogP contribution in [-0.2, 0) is 14.8 Å². The van der Waals surface area contributed by atoms with E-state index in [2.05, 4.69) is 15.6 Å². The van der Waals surface area contributed by atoms with Crippen molar-refractivity contribution in [3.05, 3.63) is 0 Å². The van der Waals surface area contributed by atoms with Crippen LogP contribution >= 0.6 is 24.0 Å². The number of hydrogen-bond donors (Lipinski definition) is 2. The molecule has 166 valence electrons. The number of sulfonamides is 1. The summed E-state index contributed by atoms with van der Waals surface area (Å²) in [5.74, 6) is 1.42. The van der Waals surface area contributed by atoms with E-state index >= 15 is 0 Å². The van der Waals surface area contributed by atoms with Crippen LogP contribution in [0.5, 0.6) is 0 Å². The van der Waals surface area contributed by atoms with Gasteiger partial charge in [0, 0.05) is 39.3 Å². The van der Waals surface area contributed by atoms with Gasteiger partial charge in [0.05, 0.1) is 6.61 Å². The van der Waals surface area contributed by atoms with Crippen molar-refractivity contribution in [2.24, 2.45) is 16.8 Å². The Labute approximate surface area is 181 Å². The third-order valence-electron chi connectivity index (χ3n) is 4.65. The maximum absolute atomic E-state index is 12.6. The van der Waals surface area contributed by atoms with E-state index in [0.717, 1.165) is 12.5 Å². The average molecular weight is 542 g/mol. The van der Waals surface area contributed by atoms with Crippen LogP contribution in [0.1, 0.15) is 32.6 Å². The van der Waals surface area contributed by atoms with E-state index in [-0.39, 0.29) is 43.0 Å². The minimum atomic E-state index is -5.23. The number of aliphatic imine (C=N–C) groups is 1. The zero-order valence-electron chi connectivity index (χ0n) is 16.0. The predicted octanol–water partition coefficient (Wildman–Crippen LogP) is 2.15. The molecule has 1 heterocycles. The van der Waals surface area contributed by atoms with Gasteiger partial charge < -0.3 is 15.4 Å². The number of nitrogens with one attached hydrogen (secondary N) is 2. The molecule has 12 heteroatoms. The second-order valence-corrected chi connectivity index (χ2v) is 8.89. The second-order valence-electron chi connectivity index (χ2n) is 6.96. The SMILES string of the molecule is CCNC(=NCC1CCN(S(=O)(=O)C(F)(F)F)CC1)NCCOCC1CC1.I. The van der Waals surface area contributed by atoms with Crippen molar-refractivity contribution in [1.82, 2.24) is 14.9 Å². The van der Waals surface area contributed by atoms with E-state index in [1.54, 1.807) is 0 Å². The number of rotatable bonds is 9. The third kappa shape index (κ3) is 8.19. The fourth-order valence-corrected chi connectivity index (χ4v) is 3.80. The summed E-state index contributed by atoms with van der Waals surface area (Å²) in [5, 5.41) is 6.28. The Bertz CT molecular complexity index is 592. The molecule has 2 fully saturated rings. The van der Waals surface area contributed by atoms with Crippen molar-refractivity contribution in [2.45, 2.75) is 38.1 Å². The van der Waals surface area contributed by atoms with Gasteiger partial charge in [0.25, 0.3) is 0 Å². The first-order valence-electron chi connectivity index (χ1n) is 9.40. The van der Waals surface area contributed by atoms with Gasteiger partial charge in [-0.05, 0) is 44.4 Å². The molecule has 2 N–H and O–H groups in total. The molecule has 1 aliphatic heterocycles. The average Bonchev–Trinajstić information content (AvgIpc) is 3.43. The van der Waals surface area contributed by atoms with Gasteiger partial charge in [0.1, 0.15) is 0 Å². The lowest BCUT2D eigenvalue weighted by molar-refractivity contribution is -0.0496. The molecule has 1 saturated carbocycles. The fourth-order valence-electron chi connectivity index (χ4n) is 2.82. The van der Waals surface area contributed by atoms with Crippen LogP contribution in [0.2, 0.25) is 0 Å². The van der Waals surface area contributed by atoms with Crippen molar-refractivity contribution in [3.63, 3.8) is 0 Å². The molecule has 2 aliphatic rings. The maximum Gasteiger partial charge on any atom is 0.511 e. The van der Waals surface area contributed by atoms with Gasteiger partial charge in [0.15, 0.2) is 5.96 Å². The zero-order valence-corrected chi connectivity index (χ0v) is 19.1. The van der Waals surface area contributed by atoms with E-state index in [9.17, 15) is 21.6 Å². The standard InChI is InChI=1S/C16H29F3N4O3S.HI/c1-2-20-15(21-7-10-26-12-14-3-4-14)22-11-13-5-8-23(9-6-13)27(24,25)16(17,18)19;/h13-14H,2-12H2,1H3,(H2,20,21,22);1H. The summed E-state index contributed by atoms with van der Waals surface area (Å²) in [6.07, 6.45) is 3.23. The van der Waals surface area contributed by atoms with Gasteiger partial charge in [-0.3, -0.25) is 4.99 Å². The summed E-state index contributed by atoms with van der Waals surface area (Å²) in [6.45, 7) is 4.85. The third-order valence-corrected chi connectivity index (χ3v) is 6.28. The number of nitrogens with zero attached hydrogens (tertiary/aromatic N) is 2. The van der Waals surface area contributed by atoms with E-state index in [1.165, 1.54) is 12.8 Å². The molecule has 2 rings (SSSR count). The lowest BCUT2D eigenvalue weighted by Crippen LogP contribution is -2.45. The molecule has 0 aromatic rings. The molecule has 0 unspecified atom stereocenters. The van der Waals surface area contributed by atoms with E-state index in [0.29, 0.717) is 49.3 Å². The van der Waals surface area contributed by atoms with Gasteiger partial charge in [-0.25, -0.2) is 8.42 Å². The quantitative estimate of drug-likeness (QED) is 0.202. The van der Waals surface area contributed by atoms with Crippen LogP contribution in [0.25, 0.3) is 0 Å². The Kier molecular flexibility index (Phi) is 10.8. The van der Waals surface area contributed by atoms with Crippen LogP contribution in [0.15, 0.2) is 4.99 Å². The Morgan fingerprint density at radius 1 is 1.14 bits per heavy atom. The summed E-state index contributed by atoms with van der Waals surface area (Å²) >= 11 is 0. The largest absolute Gasteiger partial charge is 0.511 e. The molecular formula is C16H30F3IN4O3S. The molecule has 0 spiro atoms. The molecule has 0 radical (unpaired) electrons. The van der Waals surface area contributed by atoms with Crippen molar-refractivity contribution >= 4 is 40.0 Å². The van der Waals surface area contributed by atoms with Crippen LogP contribution in [0, 0.1) is 11.8 Å². The Morgan fingerprint density at radius 3 is 2.32 bits per heavy atom. The smallest absolute Gasteiger partial charge is 0.379 e. The number of alkyl halides is 3. The molecule has 1 saturated heterocycles. The summed E-state index contributed by atoms with van der Waals surface area (Å²) in [4.78, 5) is 4.47. The molecule has 0 aromatic carbocycles. The Balaban J connectivity index is 0.00000392. The molecule has 28 heavy (non-hydrogen) atoms. The first-order valence-corrected chi connectivity index (χ1v) is 10.8. The van der Waals surface area contributed by atoms with Gasteiger partial charge in [-0.1, -0.05) is 0 Å². The van der Waals surface area contributed by atoms with E-state index < -0.39 is 15.5 Å². The Hall–Kier alpha value is -0.340. The number of guanidine groups is 1. The lowest BCUT2D eigenvalue weighted by atomic mass is 9.98. The number of piperidine rings is 1.